The Kier molecular flexibility index (Phi) is 6.28. The van der Waals surface area contributed by atoms with Crippen LogP contribution in [0.1, 0.15) is 13.8 Å². The first-order chi connectivity index (χ1) is 7.19. The van der Waals surface area contributed by atoms with Gasteiger partial charge in [0.25, 0.3) is 5.78 Å². The minimum absolute atomic E-state index is 0.0254. The molecule has 0 aliphatic carbocycles. The molecule has 0 aliphatic rings. The van der Waals surface area contributed by atoms with Crippen molar-refractivity contribution in [1.29, 1.82) is 0 Å². The van der Waals surface area contributed by atoms with E-state index in [9.17, 15) is 18.8 Å². The zero-order valence-electron chi connectivity index (χ0n) is 8.46. The lowest BCUT2D eigenvalue weighted by Crippen LogP contribution is -2.34. The monoisotopic (exact) mass is 290 g/mol. The number of carbonyl (C=O) groups excluding carboxylic acids is 3. The molecule has 4 nitrogen and oxygen atoms in total. The van der Waals surface area contributed by atoms with Crippen LogP contribution in [0.5, 0.6) is 0 Å². The fraction of sp³-hybridized carbons (Fsp3) is 0.625. The van der Waals surface area contributed by atoms with E-state index < -0.39 is 26.7 Å². The molecule has 0 spiro atoms. The number of alkyl halides is 3. The zero-order chi connectivity index (χ0) is 12.9. The van der Waals surface area contributed by atoms with Crippen LogP contribution in [0, 0.1) is 0 Å². The number of hydrogen-bond acceptors (Lipinski definition) is 5. The van der Waals surface area contributed by atoms with E-state index in [0.29, 0.717) is 0 Å². The first-order valence-corrected chi connectivity index (χ1v) is 5.78. The zero-order valence-corrected chi connectivity index (χ0v) is 10.8. The minimum Gasteiger partial charge on any atom is -0.460 e. The van der Waals surface area contributed by atoms with Crippen LogP contribution in [0.2, 0.25) is 0 Å². The molecule has 16 heavy (non-hydrogen) atoms. The maximum atomic E-state index is 12.8. The van der Waals surface area contributed by atoms with Gasteiger partial charge in [-0.15, -0.1) is 0 Å². The average molecular weight is 291 g/mol. The maximum Gasteiger partial charge on any atom is 0.376 e. The van der Waals surface area contributed by atoms with Crippen molar-refractivity contribution >= 4 is 52.5 Å². The van der Waals surface area contributed by atoms with E-state index in [1.54, 1.807) is 0 Å². The predicted molar refractivity (Wildman–Crippen MR) is 59.2 cm³/mol. The second-order valence-corrected chi connectivity index (χ2v) is 5.59. The van der Waals surface area contributed by atoms with Gasteiger partial charge in [0.05, 0.1) is 6.61 Å². The topological polar surface area (TPSA) is 60.4 Å². The summed E-state index contributed by atoms with van der Waals surface area (Å²) in [6.45, 7) is 2.49. The Hall–Kier alpha value is -0.330. The van der Waals surface area contributed by atoms with Crippen LogP contribution in [-0.2, 0) is 19.1 Å². The van der Waals surface area contributed by atoms with Gasteiger partial charge in [0.15, 0.2) is 5.78 Å². The van der Waals surface area contributed by atoms with Crippen molar-refractivity contribution in [2.24, 2.45) is 0 Å². The van der Waals surface area contributed by atoms with Gasteiger partial charge >= 0.3 is 9.89 Å². The lowest BCUT2D eigenvalue weighted by molar-refractivity contribution is -0.154. The number of hydrogen-bond donors (Lipinski definition) is 0. The van der Waals surface area contributed by atoms with Gasteiger partial charge < -0.3 is 4.74 Å². The fourth-order valence-corrected chi connectivity index (χ4v) is 1.94. The number of esters is 1. The summed E-state index contributed by atoms with van der Waals surface area (Å²) in [7, 11) is 0. The molecule has 0 radical (unpaired) electrons. The number of Topliss-reactive ketones (excluding diaryl/α,β-unsaturated/α-hetero) is 2. The summed E-state index contributed by atoms with van der Waals surface area (Å²) in [5, 5.41) is -1.60. The molecule has 0 saturated carbocycles. The summed E-state index contributed by atoms with van der Waals surface area (Å²) in [6.07, 6.45) is 0. The molecule has 0 aromatic heterocycles. The summed E-state index contributed by atoms with van der Waals surface area (Å²) >= 11 is 10.0. The van der Waals surface area contributed by atoms with Crippen molar-refractivity contribution in [2.45, 2.75) is 23.0 Å². The number of ether oxygens (including phenoxy) is 1. The Labute approximate surface area is 106 Å². The number of ketones is 2. The molecule has 0 heterocycles. The van der Waals surface area contributed by atoms with Crippen molar-refractivity contribution in [3.05, 3.63) is 0 Å². The highest BCUT2D eigenvalue weighted by Gasteiger charge is 2.38. The molecule has 1 atom stereocenters. The van der Waals surface area contributed by atoms with E-state index in [0.717, 1.165) is 6.92 Å². The molecule has 0 amide bonds. The fourth-order valence-electron chi connectivity index (χ4n) is 0.764. The van der Waals surface area contributed by atoms with Crippen LogP contribution >= 0.6 is 35.0 Å². The molecule has 0 aromatic carbocycles. The third kappa shape index (κ3) is 5.67. The molecule has 0 bridgehead atoms. The van der Waals surface area contributed by atoms with E-state index in [1.165, 1.54) is 6.92 Å². The van der Waals surface area contributed by atoms with Crippen molar-refractivity contribution in [3.63, 3.8) is 0 Å². The largest absolute Gasteiger partial charge is 0.460 e. The summed E-state index contributed by atoms with van der Waals surface area (Å²) in [6, 6.07) is 0. The van der Waals surface area contributed by atoms with E-state index >= 15 is 0 Å². The molecule has 1 unspecified atom stereocenters. The molecule has 0 N–H and O–H groups in total. The van der Waals surface area contributed by atoms with Crippen molar-refractivity contribution in [2.75, 3.05) is 6.61 Å². The van der Waals surface area contributed by atoms with Crippen molar-refractivity contribution in [3.8, 4) is 0 Å². The number of thioether (sulfide) groups is 1. The van der Waals surface area contributed by atoms with Crippen LogP contribution in [0.25, 0.3) is 0 Å². The molecular formula is C8H9Cl2FO4S. The second-order valence-electron chi connectivity index (χ2n) is 2.64. The maximum absolute atomic E-state index is 12.8. The molecule has 0 saturated heterocycles. The van der Waals surface area contributed by atoms with Gasteiger partial charge in [0.1, 0.15) is 5.25 Å². The average Bonchev–Trinajstić information content (AvgIpc) is 2.11. The van der Waals surface area contributed by atoms with Crippen LogP contribution < -0.4 is 0 Å². The molecular weight excluding hydrogens is 282 g/mol. The van der Waals surface area contributed by atoms with Gasteiger partial charge in [-0.3, -0.25) is 9.59 Å². The Morgan fingerprint density at radius 2 is 1.94 bits per heavy atom. The second kappa shape index (κ2) is 6.42. The number of halogens is 3. The van der Waals surface area contributed by atoms with Gasteiger partial charge in [-0.2, -0.15) is 4.39 Å². The highest BCUT2D eigenvalue weighted by atomic mass is 35.5. The lowest BCUT2D eigenvalue weighted by Gasteiger charge is -2.15. The molecule has 8 heteroatoms. The van der Waals surface area contributed by atoms with Crippen LogP contribution in [-0.4, -0.2) is 33.3 Å². The van der Waals surface area contributed by atoms with E-state index in [1.807, 2.05) is 0 Å². The Balaban J connectivity index is 4.73. The van der Waals surface area contributed by atoms with Crippen LogP contribution in [0.4, 0.5) is 4.39 Å². The third-order valence-corrected chi connectivity index (χ3v) is 2.92. The van der Waals surface area contributed by atoms with Gasteiger partial charge in [0, 0.05) is 0 Å². The van der Waals surface area contributed by atoms with Gasteiger partial charge in [-0.1, -0.05) is 35.0 Å². The summed E-state index contributed by atoms with van der Waals surface area (Å²) in [4.78, 5) is 33.4. The van der Waals surface area contributed by atoms with Gasteiger partial charge in [-0.05, 0) is 13.8 Å². The minimum atomic E-state index is -2.82. The quantitative estimate of drug-likeness (QED) is 0.323. The Morgan fingerprint density at radius 3 is 2.25 bits per heavy atom. The summed E-state index contributed by atoms with van der Waals surface area (Å²) < 4.78 is 14.4. The molecule has 0 aliphatic heterocycles. The highest BCUT2D eigenvalue weighted by Crippen LogP contribution is 2.39. The van der Waals surface area contributed by atoms with Crippen LogP contribution in [0.15, 0.2) is 0 Å². The van der Waals surface area contributed by atoms with Gasteiger partial charge in [0.2, 0.25) is 0 Å². The van der Waals surface area contributed by atoms with Crippen LogP contribution in [0.3, 0.4) is 0 Å². The standard InChI is InChI=1S/C8H9Cl2FO4S/c1-3-15-7(14)5(13)6(4(2)12)16-8(9,10)11/h6H,3H2,1-2H3. The summed E-state index contributed by atoms with van der Waals surface area (Å²) in [5.41, 5.74) is 0. The molecule has 0 aromatic rings. The van der Waals surface area contributed by atoms with Gasteiger partial charge in [-0.25, -0.2) is 4.79 Å². The van der Waals surface area contributed by atoms with E-state index in [-0.39, 0.29) is 18.4 Å². The molecule has 0 fully saturated rings. The Morgan fingerprint density at radius 1 is 1.44 bits per heavy atom. The van der Waals surface area contributed by atoms with Crippen molar-refractivity contribution in [1.82, 2.24) is 0 Å². The SMILES string of the molecule is CCOC(=O)C(=O)C(SC(F)(Cl)Cl)C(C)=O. The van der Waals surface area contributed by atoms with E-state index in [4.69, 9.17) is 23.2 Å². The molecule has 92 valence electrons. The first kappa shape index (κ1) is 15.7. The first-order valence-electron chi connectivity index (χ1n) is 4.15. The smallest absolute Gasteiger partial charge is 0.376 e. The highest BCUT2D eigenvalue weighted by molar-refractivity contribution is 8.05. The number of carbonyl (C=O) groups is 3. The molecule has 0 rings (SSSR count). The lowest BCUT2D eigenvalue weighted by atomic mass is 10.2. The normalized spacial score (nSPS) is 13.1. The number of rotatable bonds is 6. The predicted octanol–water partition coefficient (Wildman–Crippen LogP) is 1.87. The van der Waals surface area contributed by atoms with E-state index in [2.05, 4.69) is 4.74 Å². The third-order valence-electron chi connectivity index (χ3n) is 1.34. The van der Waals surface area contributed by atoms with Crippen molar-refractivity contribution < 1.29 is 23.5 Å². The Bertz CT molecular complexity index is 303. The summed E-state index contributed by atoms with van der Waals surface area (Å²) in [5.74, 6) is -3.12.